The van der Waals surface area contributed by atoms with Gasteiger partial charge in [-0.15, -0.1) is 0 Å². The molecular weight excluding hydrogens is 675 g/mol. The maximum absolute atomic E-state index is 11.2. The van der Waals surface area contributed by atoms with Crippen LogP contribution in [0.5, 0.6) is 17.6 Å². The molecular formula is C39H42Cl2N4O5. The number of halogens is 2. The van der Waals surface area contributed by atoms with E-state index in [4.69, 9.17) is 42.4 Å². The molecule has 2 atom stereocenters. The zero-order valence-corrected chi connectivity index (χ0v) is 29.8. The van der Waals surface area contributed by atoms with Crippen molar-refractivity contribution in [1.82, 2.24) is 20.2 Å². The number of ether oxygens (including phenoxy) is 3. The summed E-state index contributed by atoms with van der Waals surface area (Å²) in [6.07, 6.45) is 4.79. The van der Waals surface area contributed by atoms with E-state index < -0.39 is 0 Å². The number of nitrogens with one attached hydrogen (secondary N) is 1. The average molecular weight is 718 g/mol. The van der Waals surface area contributed by atoms with Gasteiger partial charge in [0.05, 0.1) is 31.0 Å². The Morgan fingerprint density at radius 3 is 2.46 bits per heavy atom. The summed E-state index contributed by atoms with van der Waals surface area (Å²) < 4.78 is 17.8. The fourth-order valence-corrected chi connectivity index (χ4v) is 8.04. The van der Waals surface area contributed by atoms with Gasteiger partial charge in [0.15, 0.2) is 0 Å². The van der Waals surface area contributed by atoms with Gasteiger partial charge in [-0.05, 0) is 79.9 Å². The fourth-order valence-electron chi connectivity index (χ4n) is 7.50. The molecule has 7 rings (SSSR count). The van der Waals surface area contributed by atoms with Gasteiger partial charge < -0.3 is 29.4 Å². The normalized spacial score (nSPS) is 21.5. The van der Waals surface area contributed by atoms with Crippen LogP contribution in [0.3, 0.4) is 0 Å². The maximum atomic E-state index is 11.2. The van der Waals surface area contributed by atoms with Crippen molar-refractivity contribution in [3.05, 3.63) is 86.9 Å². The number of benzene rings is 2. The van der Waals surface area contributed by atoms with E-state index in [1.807, 2.05) is 42.5 Å². The first kappa shape index (κ1) is 34.7. The predicted molar refractivity (Wildman–Crippen MR) is 194 cm³/mol. The zero-order valence-electron chi connectivity index (χ0n) is 28.3. The monoisotopic (exact) mass is 716 g/mol. The predicted octanol–water partition coefficient (Wildman–Crippen LogP) is 7.08. The minimum Gasteiger partial charge on any atom is -0.481 e. The third-order valence-corrected chi connectivity index (χ3v) is 10.9. The molecule has 0 bridgehead atoms. The first-order valence-electron chi connectivity index (χ1n) is 17.3. The lowest BCUT2D eigenvalue weighted by Crippen LogP contribution is -2.35. The highest BCUT2D eigenvalue weighted by atomic mass is 35.5. The Morgan fingerprint density at radius 1 is 0.940 bits per heavy atom. The van der Waals surface area contributed by atoms with Crippen LogP contribution in [-0.4, -0.2) is 66.2 Å². The number of aliphatic hydroxyl groups excluding tert-OH is 1. The molecule has 0 spiro atoms. The number of carbonyl (C=O) groups is 1. The van der Waals surface area contributed by atoms with Gasteiger partial charge in [-0.25, -0.2) is 4.98 Å². The lowest BCUT2D eigenvalue weighted by atomic mass is 9.82. The van der Waals surface area contributed by atoms with Crippen molar-refractivity contribution in [3.63, 3.8) is 0 Å². The van der Waals surface area contributed by atoms with Crippen molar-refractivity contribution in [2.45, 2.75) is 57.4 Å². The highest BCUT2D eigenvalue weighted by Gasteiger charge is 2.30. The number of nitrogens with zero attached hydrogens (tertiary/aromatic N) is 3. The first-order chi connectivity index (χ1) is 24.3. The van der Waals surface area contributed by atoms with Crippen LogP contribution in [0.1, 0.15) is 54.0 Å². The Bertz CT molecular complexity index is 1870. The Kier molecular flexibility index (Phi) is 10.6. The van der Waals surface area contributed by atoms with E-state index in [0.717, 1.165) is 97.1 Å². The summed E-state index contributed by atoms with van der Waals surface area (Å²) in [6.45, 7) is 3.66. The number of carbonyl (C=O) groups excluding carboxylic acids is 1. The molecule has 2 aromatic heterocycles. The summed E-state index contributed by atoms with van der Waals surface area (Å²) in [6, 6.07) is 18.2. The minimum absolute atomic E-state index is 0.0651. The number of aliphatic hydroxyl groups is 1. The van der Waals surface area contributed by atoms with E-state index >= 15 is 0 Å². The van der Waals surface area contributed by atoms with Gasteiger partial charge in [0.2, 0.25) is 17.6 Å². The third kappa shape index (κ3) is 7.20. The molecule has 1 saturated heterocycles. The molecule has 3 heterocycles. The number of aldehydes is 1. The van der Waals surface area contributed by atoms with Crippen molar-refractivity contribution in [2.24, 2.45) is 11.8 Å². The number of rotatable bonds is 13. The third-order valence-electron chi connectivity index (χ3n) is 10.2. The van der Waals surface area contributed by atoms with E-state index in [2.05, 4.69) is 27.3 Å². The van der Waals surface area contributed by atoms with Crippen LogP contribution in [-0.2, 0) is 24.3 Å². The second-order valence-corrected chi connectivity index (χ2v) is 14.3. The SMILES string of the molecule is COc1nc(-c2cccc(-c3cccc4c3CC[C@@H]4Oc3nc(OC)c(CN4CC[C@H](C=O)C4)cc3Cl)c2Cl)ccc1CNCC1CC(O)C1. The van der Waals surface area contributed by atoms with Crippen LogP contribution in [0, 0.1) is 11.8 Å². The molecule has 50 heavy (non-hydrogen) atoms. The number of methoxy groups -OCH3 is 2. The molecule has 9 nitrogen and oxygen atoms in total. The van der Waals surface area contributed by atoms with Crippen molar-refractivity contribution >= 4 is 29.5 Å². The molecule has 11 heteroatoms. The number of pyridine rings is 2. The summed E-state index contributed by atoms with van der Waals surface area (Å²) in [5.41, 5.74) is 7.64. The quantitative estimate of drug-likeness (QED) is 0.140. The number of aromatic nitrogens is 2. The molecule has 0 unspecified atom stereocenters. The second-order valence-electron chi connectivity index (χ2n) is 13.5. The van der Waals surface area contributed by atoms with Crippen molar-refractivity contribution in [1.29, 1.82) is 0 Å². The molecule has 4 aromatic rings. The smallest absolute Gasteiger partial charge is 0.236 e. The van der Waals surface area contributed by atoms with E-state index in [-0.39, 0.29) is 18.1 Å². The summed E-state index contributed by atoms with van der Waals surface area (Å²) in [5, 5.41) is 14.1. The topological polar surface area (TPSA) is 106 Å². The molecule has 262 valence electrons. The molecule has 1 aliphatic heterocycles. The van der Waals surface area contributed by atoms with Crippen molar-refractivity contribution < 1.29 is 24.1 Å². The number of hydrogen-bond donors (Lipinski definition) is 2. The highest BCUT2D eigenvalue weighted by Crippen LogP contribution is 2.45. The largest absolute Gasteiger partial charge is 0.481 e. The standard InChI is InChI=1S/C39H42Cl2N4O5/c1-48-37-25(19-42-18-24-15-27(47)16-24)9-11-34(43-37)32-8-4-7-31(36(32)41)28-5-3-6-30-29(28)10-12-35(30)50-39-33(40)17-26(38(44-39)49-2)21-45-14-13-23(20-45)22-46/h3-9,11,17,22-24,27,35,42,47H,10,12-16,18-21H2,1-2H3/t23-,24?,27?,35-/m0/s1. The van der Waals surface area contributed by atoms with E-state index in [1.54, 1.807) is 14.2 Å². The molecule has 3 aliphatic rings. The number of fused-ring (bicyclic) bond motifs is 1. The summed E-state index contributed by atoms with van der Waals surface area (Å²) in [5.74, 6) is 1.95. The lowest BCUT2D eigenvalue weighted by molar-refractivity contribution is -0.110. The van der Waals surface area contributed by atoms with Gasteiger partial charge in [-0.3, -0.25) is 4.90 Å². The van der Waals surface area contributed by atoms with Crippen molar-refractivity contribution in [2.75, 3.05) is 33.9 Å². The van der Waals surface area contributed by atoms with Gasteiger partial charge in [-0.2, -0.15) is 4.98 Å². The minimum atomic E-state index is -0.235. The molecule has 0 amide bonds. The van der Waals surface area contributed by atoms with Crippen LogP contribution < -0.4 is 19.5 Å². The molecule has 2 aromatic carbocycles. The molecule has 2 aliphatic carbocycles. The van der Waals surface area contributed by atoms with Gasteiger partial charge in [0, 0.05) is 47.8 Å². The number of hydrogen-bond acceptors (Lipinski definition) is 9. The lowest BCUT2D eigenvalue weighted by Gasteiger charge is -2.31. The van der Waals surface area contributed by atoms with Gasteiger partial charge in [0.1, 0.15) is 17.4 Å². The molecule has 0 radical (unpaired) electrons. The second kappa shape index (κ2) is 15.3. The van der Waals surface area contributed by atoms with Gasteiger partial charge in [-0.1, -0.05) is 65.7 Å². The number of likely N-dealkylation sites (tertiary alicyclic amines) is 1. The van der Waals surface area contributed by atoms with E-state index in [0.29, 0.717) is 46.7 Å². The zero-order chi connectivity index (χ0) is 34.8. The van der Waals surface area contributed by atoms with Gasteiger partial charge >= 0.3 is 0 Å². The molecule has 2 N–H and O–H groups in total. The van der Waals surface area contributed by atoms with Crippen LogP contribution in [0.4, 0.5) is 0 Å². The van der Waals surface area contributed by atoms with Crippen LogP contribution >= 0.6 is 23.2 Å². The Morgan fingerprint density at radius 2 is 1.70 bits per heavy atom. The van der Waals surface area contributed by atoms with E-state index in [9.17, 15) is 9.90 Å². The summed E-state index contributed by atoms with van der Waals surface area (Å²) in [4.78, 5) is 23.0. The Hall–Kier alpha value is -3.73. The Balaban J connectivity index is 1.09. The van der Waals surface area contributed by atoms with Crippen molar-refractivity contribution in [3.8, 4) is 40.0 Å². The average Bonchev–Trinajstić information content (AvgIpc) is 3.75. The summed E-state index contributed by atoms with van der Waals surface area (Å²) in [7, 11) is 3.23. The Labute approximate surface area is 302 Å². The van der Waals surface area contributed by atoms with Crippen LogP contribution in [0.15, 0.2) is 54.6 Å². The van der Waals surface area contributed by atoms with Crippen LogP contribution in [0.2, 0.25) is 10.0 Å². The molecule has 1 saturated carbocycles. The highest BCUT2D eigenvalue weighted by molar-refractivity contribution is 6.36. The van der Waals surface area contributed by atoms with Crippen LogP contribution in [0.25, 0.3) is 22.4 Å². The summed E-state index contributed by atoms with van der Waals surface area (Å²) >= 11 is 13.9. The van der Waals surface area contributed by atoms with E-state index in [1.165, 1.54) is 5.56 Å². The first-order valence-corrected chi connectivity index (χ1v) is 18.0. The fraction of sp³-hybridized carbons (Fsp3) is 0.410. The maximum Gasteiger partial charge on any atom is 0.236 e. The molecule has 2 fully saturated rings. The van der Waals surface area contributed by atoms with Gasteiger partial charge in [0.25, 0.3) is 0 Å².